The van der Waals surface area contributed by atoms with Crippen LogP contribution < -0.4 is 4.18 Å². The molecule has 0 spiro atoms. The number of thiazole rings is 1. The van der Waals surface area contributed by atoms with Crippen molar-refractivity contribution >= 4 is 44.4 Å². The monoisotopic (exact) mass is 454 g/mol. The minimum atomic E-state index is -3.94. The van der Waals surface area contributed by atoms with Crippen molar-refractivity contribution in [2.24, 2.45) is 4.99 Å². The van der Waals surface area contributed by atoms with E-state index in [4.69, 9.17) is 15.8 Å². The van der Waals surface area contributed by atoms with Gasteiger partial charge in [0.2, 0.25) is 5.13 Å². The van der Waals surface area contributed by atoms with Gasteiger partial charge in [-0.15, -0.1) is 11.3 Å². The first-order valence-corrected chi connectivity index (χ1v) is 11.5. The molecule has 4 rings (SSSR count). The third-order valence-electron chi connectivity index (χ3n) is 4.10. The van der Waals surface area contributed by atoms with Gasteiger partial charge in [0.1, 0.15) is 4.90 Å². The maximum atomic E-state index is 12.5. The van der Waals surface area contributed by atoms with Gasteiger partial charge in [-0.05, 0) is 36.4 Å². The molecule has 0 N–H and O–H groups in total. The normalized spacial score (nSPS) is 11.6. The van der Waals surface area contributed by atoms with Gasteiger partial charge in [0, 0.05) is 27.7 Å². The summed E-state index contributed by atoms with van der Waals surface area (Å²) in [5.74, 6) is 0.194. The number of rotatable bonds is 6. The fourth-order valence-electron chi connectivity index (χ4n) is 2.62. The molecule has 150 valence electrons. The standard InChI is InChI=1S/C22H15ClN2O3S2/c23-18-12-10-16(11-13-18)20-15-29-22(25-20)24-14-17-6-4-5-9-21(17)28-30(26,27)19-7-2-1-3-8-19/h1-15H. The zero-order chi connectivity index (χ0) is 21.0. The van der Waals surface area contributed by atoms with E-state index in [-0.39, 0.29) is 10.6 Å². The molecular weight excluding hydrogens is 440 g/mol. The Labute approximate surface area is 183 Å². The van der Waals surface area contributed by atoms with E-state index in [2.05, 4.69) is 9.98 Å². The minimum Gasteiger partial charge on any atom is -0.378 e. The molecule has 3 aromatic carbocycles. The van der Waals surface area contributed by atoms with Crippen molar-refractivity contribution in [2.75, 3.05) is 0 Å². The molecule has 1 heterocycles. The fraction of sp³-hybridized carbons (Fsp3) is 0. The predicted molar refractivity (Wildman–Crippen MR) is 121 cm³/mol. The summed E-state index contributed by atoms with van der Waals surface area (Å²) < 4.78 is 30.4. The van der Waals surface area contributed by atoms with Gasteiger partial charge in [0.05, 0.1) is 5.69 Å². The number of hydrogen-bond donors (Lipinski definition) is 0. The summed E-state index contributed by atoms with van der Waals surface area (Å²) in [6.07, 6.45) is 1.54. The molecule has 30 heavy (non-hydrogen) atoms. The smallest absolute Gasteiger partial charge is 0.339 e. The first kappa shape index (κ1) is 20.3. The van der Waals surface area contributed by atoms with Crippen LogP contribution in [-0.2, 0) is 10.1 Å². The van der Waals surface area contributed by atoms with Gasteiger partial charge in [-0.2, -0.15) is 8.42 Å². The van der Waals surface area contributed by atoms with Crippen LogP contribution in [-0.4, -0.2) is 19.6 Å². The highest BCUT2D eigenvalue weighted by Crippen LogP contribution is 2.28. The van der Waals surface area contributed by atoms with Crippen molar-refractivity contribution in [3.05, 3.63) is 94.8 Å². The first-order chi connectivity index (χ1) is 14.5. The number of para-hydroxylation sites is 1. The molecule has 0 atom stereocenters. The van der Waals surface area contributed by atoms with E-state index in [0.717, 1.165) is 11.3 Å². The second kappa shape index (κ2) is 8.79. The van der Waals surface area contributed by atoms with Gasteiger partial charge in [0.25, 0.3) is 0 Å². The van der Waals surface area contributed by atoms with Crippen molar-refractivity contribution in [1.29, 1.82) is 0 Å². The van der Waals surface area contributed by atoms with Gasteiger partial charge in [-0.25, -0.2) is 9.98 Å². The van der Waals surface area contributed by atoms with E-state index in [0.29, 0.717) is 15.7 Å². The van der Waals surface area contributed by atoms with E-state index in [1.54, 1.807) is 60.8 Å². The van der Waals surface area contributed by atoms with Gasteiger partial charge in [-0.3, -0.25) is 0 Å². The minimum absolute atomic E-state index is 0.0873. The lowest BCUT2D eigenvalue weighted by atomic mass is 10.2. The van der Waals surface area contributed by atoms with Gasteiger partial charge in [0.15, 0.2) is 5.75 Å². The van der Waals surface area contributed by atoms with Crippen LogP contribution in [0.15, 0.2) is 94.1 Å². The predicted octanol–water partition coefficient (Wildman–Crippen LogP) is 5.98. The molecule has 0 saturated heterocycles. The molecule has 0 aliphatic carbocycles. The number of benzene rings is 3. The maximum Gasteiger partial charge on any atom is 0.339 e. The van der Waals surface area contributed by atoms with Crippen LogP contribution in [0.25, 0.3) is 11.3 Å². The molecule has 0 amide bonds. The SMILES string of the molecule is O=S(=O)(Oc1ccccc1C=Nc1nc(-c2ccc(Cl)cc2)cs1)c1ccccc1. The van der Waals surface area contributed by atoms with Crippen LogP contribution in [0.2, 0.25) is 5.02 Å². The molecule has 0 radical (unpaired) electrons. The van der Waals surface area contributed by atoms with Crippen LogP contribution in [0.3, 0.4) is 0 Å². The topological polar surface area (TPSA) is 68.6 Å². The summed E-state index contributed by atoms with van der Waals surface area (Å²) in [6.45, 7) is 0. The Morgan fingerprint density at radius 2 is 1.63 bits per heavy atom. The summed E-state index contributed by atoms with van der Waals surface area (Å²) in [7, 11) is -3.94. The number of halogens is 1. The molecule has 4 aromatic rings. The quantitative estimate of drug-likeness (QED) is 0.265. The highest BCUT2D eigenvalue weighted by atomic mass is 35.5. The average Bonchev–Trinajstić information content (AvgIpc) is 3.23. The largest absolute Gasteiger partial charge is 0.378 e. The summed E-state index contributed by atoms with van der Waals surface area (Å²) in [5, 5.41) is 3.10. The van der Waals surface area contributed by atoms with Crippen LogP contribution in [0.5, 0.6) is 5.75 Å². The highest BCUT2D eigenvalue weighted by molar-refractivity contribution is 7.87. The Balaban J connectivity index is 1.56. The Morgan fingerprint density at radius 1 is 0.933 bits per heavy atom. The lowest BCUT2D eigenvalue weighted by Crippen LogP contribution is -2.10. The third-order valence-corrected chi connectivity index (χ3v) is 6.35. The number of aliphatic imine (C=N–C) groups is 1. The zero-order valence-electron chi connectivity index (χ0n) is 15.5. The van der Waals surface area contributed by atoms with Crippen molar-refractivity contribution in [3.63, 3.8) is 0 Å². The molecule has 0 aliphatic heterocycles. The molecule has 8 heteroatoms. The Hall–Kier alpha value is -3.00. The Bertz CT molecular complexity index is 1290. The van der Waals surface area contributed by atoms with Crippen molar-refractivity contribution in [2.45, 2.75) is 4.90 Å². The first-order valence-electron chi connectivity index (χ1n) is 8.85. The molecule has 5 nitrogen and oxygen atoms in total. The van der Waals surface area contributed by atoms with E-state index < -0.39 is 10.1 Å². The molecule has 0 fully saturated rings. The van der Waals surface area contributed by atoms with Crippen molar-refractivity contribution < 1.29 is 12.6 Å². The van der Waals surface area contributed by atoms with Crippen LogP contribution in [0.4, 0.5) is 5.13 Å². The number of hydrogen-bond acceptors (Lipinski definition) is 6. The fourth-order valence-corrected chi connectivity index (χ4v) is 4.39. The second-order valence-electron chi connectivity index (χ2n) is 6.17. The molecule has 0 aliphatic rings. The van der Waals surface area contributed by atoms with Crippen LogP contribution >= 0.6 is 22.9 Å². The van der Waals surface area contributed by atoms with Crippen molar-refractivity contribution in [3.8, 4) is 17.0 Å². The molecule has 0 unspecified atom stereocenters. The number of aromatic nitrogens is 1. The molecule has 1 aromatic heterocycles. The Morgan fingerprint density at radius 3 is 2.40 bits per heavy atom. The summed E-state index contributed by atoms with van der Waals surface area (Å²) in [6, 6.07) is 22.2. The van der Waals surface area contributed by atoms with Gasteiger partial charge < -0.3 is 4.18 Å². The van der Waals surface area contributed by atoms with Crippen LogP contribution in [0, 0.1) is 0 Å². The number of nitrogens with zero attached hydrogens (tertiary/aromatic N) is 2. The maximum absolute atomic E-state index is 12.5. The highest BCUT2D eigenvalue weighted by Gasteiger charge is 2.17. The van der Waals surface area contributed by atoms with Crippen molar-refractivity contribution in [1.82, 2.24) is 4.98 Å². The summed E-state index contributed by atoms with van der Waals surface area (Å²) in [4.78, 5) is 8.97. The molecule has 0 bridgehead atoms. The molecular formula is C22H15ClN2O3S2. The summed E-state index contributed by atoms with van der Waals surface area (Å²) in [5.41, 5.74) is 2.26. The zero-order valence-corrected chi connectivity index (χ0v) is 17.9. The average molecular weight is 455 g/mol. The van der Waals surface area contributed by atoms with Gasteiger partial charge >= 0.3 is 10.1 Å². The van der Waals surface area contributed by atoms with E-state index in [9.17, 15) is 8.42 Å². The van der Waals surface area contributed by atoms with E-state index in [1.807, 2.05) is 17.5 Å². The van der Waals surface area contributed by atoms with Crippen LogP contribution in [0.1, 0.15) is 5.56 Å². The van der Waals surface area contributed by atoms with E-state index in [1.165, 1.54) is 23.5 Å². The lowest BCUT2D eigenvalue weighted by Gasteiger charge is -2.09. The lowest BCUT2D eigenvalue weighted by molar-refractivity contribution is 0.485. The van der Waals surface area contributed by atoms with Gasteiger partial charge in [-0.1, -0.05) is 54.1 Å². The Kier molecular flexibility index (Phi) is 5.94. The van der Waals surface area contributed by atoms with E-state index >= 15 is 0 Å². The third kappa shape index (κ3) is 4.76. The second-order valence-corrected chi connectivity index (χ2v) is 8.99. The molecule has 0 saturated carbocycles. The summed E-state index contributed by atoms with van der Waals surface area (Å²) >= 11 is 7.31.